The van der Waals surface area contributed by atoms with Gasteiger partial charge >= 0.3 is 0 Å². The molecule has 0 spiro atoms. The maximum atomic E-state index is 12.6. The van der Waals surface area contributed by atoms with Crippen LogP contribution in [0.2, 0.25) is 0 Å². The summed E-state index contributed by atoms with van der Waals surface area (Å²) in [7, 11) is 3.06. The van der Waals surface area contributed by atoms with E-state index in [1.165, 1.54) is 24.0 Å². The van der Waals surface area contributed by atoms with E-state index in [1.807, 2.05) is 30.3 Å². The van der Waals surface area contributed by atoms with Crippen LogP contribution >= 0.6 is 0 Å². The Hall–Kier alpha value is -3.35. The normalized spacial score (nSPS) is 14.1. The van der Waals surface area contributed by atoms with E-state index in [1.54, 1.807) is 18.2 Å². The molecule has 1 heterocycles. The van der Waals surface area contributed by atoms with E-state index in [2.05, 4.69) is 0 Å². The number of piperazine rings is 1. The monoisotopic (exact) mass is 396 g/mol. The first-order chi connectivity index (χ1) is 14.0. The van der Waals surface area contributed by atoms with Gasteiger partial charge in [-0.2, -0.15) is 0 Å². The minimum Gasteiger partial charge on any atom is -0.493 e. The summed E-state index contributed by atoms with van der Waals surface area (Å²) in [6, 6.07) is 14.9. The number of amides is 3. The number of nitrogens with zero attached hydrogens (tertiary/aromatic N) is 2. The molecule has 7 heteroatoms. The maximum Gasteiger partial charge on any atom is 0.248 e. The molecular weight excluding hydrogens is 372 g/mol. The number of imide groups is 1. The smallest absolute Gasteiger partial charge is 0.248 e. The van der Waals surface area contributed by atoms with Crippen LogP contribution in [0.5, 0.6) is 11.5 Å². The van der Waals surface area contributed by atoms with Gasteiger partial charge in [0, 0.05) is 6.54 Å². The molecule has 29 heavy (non-hydrogen) atoms. The predicted octanol–water partition coefficient (Wildman–Crippen LogP) is 1.69. The molecule has 7 nitrogen and oxygen atoms in total. The molecule has 0 aromatic heterocycles. The lowest BCUT2D eigenvalue weighted by atomic mass is 10.1. The highest BCUT2D eigenvalue weighted by molar-refractivity contribution is 6.02. The van der Waals surface area contributed by atoms with E-state index >= 15 is 0 Å². The molecule has 0 aliphatic carbocycles. The van der Waals surface area contributed by atoms with Gasteiger partial charge in [0.1, 0.15) is 13.1 Å². The highest BCUT2D eigenvalue weighted by atomic mass is 16.5. The van der Waals surface area contributed by atoms with E-state index in [9.17, 15) is 14.4 Å². The molecule has 0 radical (unpaired) electrons. The summed E-state index contributed by atoms with van der Waals surface area (Å²) in [5.41, 5.74) is 1.78. The maximum absolute atomic E-state index is 12.6. The third-order valence-corrected chi connectivity index (χ3v) is 4.88. The fourth-order valence-corrected chi connectivity index (χ4v) is 3.28. The Kier molecular flexibility index (Phi) is 6.49. The van der Waals surface area contributed by atoms with Crippen molar-refractivity contribution in [1.82, 2.24) is 9.80 Å². The Labute approximate surface area is 169 Å². The number of benzene rings is 2. The highest BCUT2D eigenvalue weighted by Gasteiger charge is 2.33. The van der Waals surface area contributed by atoms with Crippen molar-refractivity contribution < 1.29 is 23.9 Å². The van der Waals surface area contributed by atoms with Gasteiger partial charge < -0.3 is 14.4 Å². The summed E-state index contributed by atoms with van der Waals surface area (Å²) in [5, 5.41) is 0. The molecule has 1 fully saturated rings. The molecular formula is C22H24N2O5. The van der Waals surface area contributed by atoms with Gasteiger partial charge in [0.15, 0.2) is 11.5 Å². The lowest BCUT2D eigenvalue weighted by molar-refractivity contribution is -0.156. The third-order valence-electron chi connectivity index (χ3n) is 4.88. The molecule has 0 saturated carbocycles. The van der Waals surface area contributed by atoms with Crippen LogP contribution < -0.4 is 9.47 Å². The highest BCUT2D eigenvalue weighted by Crippen LogP contribution is 2.28. The molecule has 2 aromatic carbocycles. The number of hydrogen-bond donors (Lipinski definition) is 0. The molecule has 3 rings (SSSR count). The van der Waals surface area contributed by atoms with Crippen LogP contribution in [0.1, 0.15) is 11.1 Å². The van der Waals surface area contributed by atoms with E-state index in [-0.39, 0.29) is 37.2 Å². The molecule has 1 aliphatic heterocycles. The minimum absolute atomic E-state index is 0.0743. The molecule has 0 bridgehead atoms. The largest absolute Gasteiger partial charge is 0.493 e. The van der Waals surface area contributed by atoms with Crippen LogP contribution in [0.4, 0.5) is 0 Å². The van der Waals surface area contributed by atoms with Crippen LogP contribution in [0.15, 0.2) is 48.5 Å². The van der Waals surface area contributed by atoms with E-state index < -0.39 is 0 Å². The van der Waals surface area contributed by atoms with Crippen molar-refractivity contribution >= 4 is 17.7 Å². The van der Waals surface area contributed by atoms with Gasteiger partial charge in [0.25, 0.3) is 0 Å². The van der Waals surface area contributed by atoms with Crippen LogP contribution in [-0.2, 0) is 27.2 Å². The summed E-state index contributed by atoms with van der Waals surface area (Å²) in [4.78, 5) is 40.1. The van der Waals surface area contributed by atoms with Crippen molar-refractivity contribution in [3.05, 3.63) is 59.7 Å². The fourth-order valence-electron chi connectivity index (χ4n) is 3.28. The molecule has 152 valence electrons. The number of carbonyl (C=O) groups is 3. The fraction of sp³-hybridized carbons (Fsp3) is 0.318. The Bertz CT molecular complexity index is 879. The minimum atomic E-state index is -0.349. The first kappa shape index (κ1) is 20.4. The Balaban J connectivity index is 1.59. The predicted molar refractivity (Wildman–Crippen MR) is 107 cm³/mol. The number of carbonyl (C=O) groups excluding carboxylic acids is 3. The SMILES string of the molecule is COc1ccc(CC(=O)N2CC(=O)N(CCc3ccccc3)C(=O)C2)cc1OC. The topological polar surface area (TPSA) is 76.2 Å². The average Bonchev–Trinajstić information content (AvgIpc) is 2.73. The first-order valence-electron chi connectivity index (χ1n) is 9.37. The van der Waals surface area contributed by atoms with Gasteiger partial charge in [-0.15, -0.1) is 0 Å². The van der Waals surface area contributed by atoms with Gasteiger partial charge in [0.2, 0.25) is 17.7 Å². The lowest BCUT2D eigenvalue weighted by Gasteiger charge is -2.32. The second-order valence-electron chi connectivity index (χ2n) is 6.79. The van der Waals surface area contributed by atoms with Crippen molar-refractivity contribution in [2.24, 2.45) is 0 Å². The van der Waals surface area contributed by atoms with Crippen LogP contribution in [0.25, 0.3) is 0 Å². The Morgan fingerprint density at radius 1 is 0.897 bits per heavy atom. The summed E-state index contributed by atoms with van der Waals surface area (Å²) in [6.45, 7) is 0.138. The molecule has 0 atom stereocenters. The number of rotatable bonds is 7. The first-order valence-corrected chi connectivity index (χ1v) is 9.37. The van der Waals surface area contributed by atoms with Crippen molar-refractivity contribution in [3.8, 4) is 11.5 Å². The van der Waals surface area contributed by atoms with Crippen molar-refractivity contribution in [2.75, 3.05) is 33.9 Å². The zero-order valence-electron chi connectivity index (χ0n) is 16.6. The number of methoxy groups -OCH3 is 2. The summed E-state index contributed by atoms with van der Waals surface area (Å²) >= 11 is 0. The summed E-state index contributed by atoms with van der Waals surface area (Å²) in [6.07, 6.45) is 0.669. The Morgan fingerprint density at radius 3 is 2.17 bits per heavy atom. The van der Waals surface area contributed by atoms with Crippen molar-refractivity contribution in [1.29, 1.82) is 0 Å². The van der Waals surface area contributed by atoms with Gasteiger partial charge in [-0.1, -0.05) is 36.4 Å². The van der Waals surface area contributed by atoms with Gasteiger partial charge in [0.05, 0.1) is 20.6 Å². The number of ether oxygens (including phenoxy) is 2. The molecule has 1 aliphatic rings. The van der Waals surface area contributed by atoms with Gasteiger partial charge in [-0.3, -0.25) is 19.3 Å². The molecule has 0 unspecified atom stereocenters. The van der Waals surface area contributed by atoms with Crippen LogP contribution in [0, 0.1) is 0 Å². The summed E-state index contributed by atoms with van der Waals surface area (Å²) in [5.74, 6) is 0.120. The van der Waals surface area contributed by atoms with Crippen LogP contribution in [0.3, 0.4) is 0 Å². The van der Waals surface area contributed by atoms with E-state index in [0.29, 0.717) is 24.5 Å². The zero-order chi connectivity index (χ0) is 20.8. The quantitative estimate of drug-likeness (QED) is 0.666. The molecule has 1 saturated heterocycles. The second kappa shape index (κ2) is 9.23. The second-order valence-corrected chi connectivity index (χ2v) is 6.79. The van der Waals surface area contributed by atoms with E-state index in [0.717, 1.165) is 11.1 Å². The Morgan fingerprint density at radius 2 is 1.55 bits per heavy atom. The lowest BCUT2D eigenvalue weighted by Crippen LogP contribution is -2.56. The third kappa shape index (κ3) is 4.93. The van der Waals surface area contributed by atoms with Gasteiger partial charge in [-0.25, -0.2) is 0 Å². The van der Waals surface area contributed by atoms with Crippen molar-refractivity contribution in [2.45, 2.75) is 12.8 Å². The standard InChI is InChI=1S/C22H24N2O5/c1-28-18-9-8-17(12-19(18)29-2)13-20(25)23-14-21(26)24(22(27)15-23)11-10-16-6-4-3-5-7-16/h3-9,12H,10-11,13-15H2,1-2H3. The molecule has 2 aromatic rings. The van der Waals surface area contributed by atoms with Crippen LogP contribution in [-0.4, -0.2) is 61.4 Å². The number of hydrogen-bond acceptors (Lipinski definition) is 5. The van der Waals surface area contributed by atoms with Gasteiger partial charge in [-0.05, 0) is 29.7 Å². The average molecular weight is 396 g/mol. The molecule has 3 amide bonds. The summed E-state index contributed by atoms with van der Waals surface area (Å²) < 4.78 is 10.4. The zero-order valence-corrected chi connectivity index (χ0v) is 16.6. The molecule has 0 N–H and O–H groups in total. The van der Waals surface area contributed by atoms with E-state index in [4.69, 9.17) is 9.47 Å². The van der Waals surface area contributed by atoms with Crippen molar-refractivity contribution in [3.63, 3.8) is 0 Å².